The van der Waals surface area contributed by atoms with E-state index in [1.54, 1.807) is 13.8 Å². The van der Waals surface area contributed by atoms with Crippen LogP contribution in [0.3, 0.4) is 0 Å². The molecule has 0 aliphatic carbocycles. The summed E-state index contributed by atoms with van der Waals surface area (Å²) in [6.07, 6.45) is -1.02. The number of nitrogens with zero attached hydrogens (tertiary/aromatic N) is 3. The maximum absolute atomic E-state index is 8.56. The second-order valence-electron chi connectivity index (χ2n) is 6.19. The summed E-state index contributed by atoms with van der Waals surface area (Å²) in [6.45, 7) is 7.63. The zero-order valence-corrected chi connectivity index (χ0v) is 12.0. The SMILES string of the molecule is CC1(C)O[C@@H]2[C@H](CO[C@]3(CN=[N+]=[N-])OC(C)(C)O[C@H]23)O1. The highest BCUT2D eigenvalue weighted by Crippen LogP contribution is 2.47. The fourth-order valence-corrected chi connectivity index (χ4v) is 3.09. The van der Waals surface area contributed by atoms with Gasteiger partial charge in [-0.3, -0.25) is 0 Å². The molecule has 0 bridgehead atoms. The Labute approximate surface area is 116 Å². The summed E-state index contributed by atoms with van der Waals surface area (Å²) < 4.78 is 29.3. The Kier molecular flexibility index (Phi) is 3.02. The van der Waals surface area contributed by atoms with E-state index in [0.29, 0.717) is 6.61 Å². The summed E-state index contributed by atoms with van der Waals surface area (Å²) in [5.74, 6) is -2.63. The summed E-state index contributed by atoms with van der Waals surface area (Å²) in [7, 11) is 0. The number of hydrogen-bond donors (Lipinski definition) is 0. The lowest BCUT2D eigenvalue weighted by Crippen LogP contribution is -2.59. The molecule has 3 heterocycles. The van der Waals surface area contributed by atoms with Crippen molar-refractivity contribution >= 4 is 0 Å². The molecule has 4 atom stereocenters. The monoisotopic (exact) mass is 285 g/mol. The van der Waals surface area contributed by atoms with Crippen molar-refractivity contribution in [3.05, 3.63) is 10.4 Å². The number of hydrogen-bond acceptors (Lipinski definition) is 6. The molecule has 112 valence electrons. The first-order valence-electron chi connectivity index (χ1n) is 6.65. The van der Waals surface area contributed by atoms with E-state index in [0.717, 1.165) is 0 Å². The van der Waals surface area contributed by atoms with E-state index in [2.05, 4.69) is 10.0 Å². The Morgan fingerprint density at radius 3 is 2.60 bits per heavy atom. The average molecular weight is 285 g/mol. The van der Waals surface area contributed by atoms with Crippen LogP contribution in [-0.4, -0.2) is 48.8 Å². The topological polar surface area (TPSA) is 94.9 Å². The predicted molar refractivity (Wildman–Crippen MR) is 66.6 cm³/mol. The molecule has 3 fully saturated rings. The molecule has 3 saturated heterocycles. The minimum atomic E-state index is -1.11. The Morgan fingerprint density at radius 2 is 1.90 bits per heavy atom. The van der Waals surface area contributed by atoms with Gasteiger partial charge in [-0.2, -0.15) is 0 Å². The predicted octanol–water partition coefficient (Wildman–Crippen LogP) is 1.69. The van der Waals surface area contributed by atoms with Crippen molar-refractivity contribution in [1.82, 2.24) is 0 Å². The maximum atomic E-state index is 8.56. The smallest absolute Gasteiger partial charge is 0.206 e. The van der Waals surface area contributed by atoms with Gasteiger partial charge in [-0.05, 0) is 33.2 Å². The first kappa shape index (κ1) is 14.1. The van der Waals surface area contributed by atoms with Gasteiger partial charge in [0.25, 0.3) is 0 Å². The van der Waals surface area contributed by atoms with E-state index in [1.165, 1.54) is 0 Å². The van der Waals surface area contributed by atoms with Crippen molar-refractivity contribution < 1.29 is 23.7 Å². The van der Waals surface area contributed by atoms with Crippen LogP contribution >= 0.6 is 0 Å². The van der Waals surface area contributed by atoms with Gasteiger partial charge in [0.15, 0.2) is 11.6 Å². The van der Waals surface area contributed by atoms with Crippen molar-refractivity contribution in [3.63, 3.8) is 0 Å². The lowest BCUT2D eigenvalue weighted by atomic mass is 9.97. The Balaban J connectivity index is 1.91. The molecule has 0 aromatic rings. The highest BCUT2D eigenvalue weighted by molar-refractivity contribution is 5.04. The van der Waals surface area contributed by atoms with E-state index >= 15 is 0 Å². The first-order chi connectivity index (χ1) is 9.27. The quantitative estimate of drug-likeness (QED) is 0.437. The third-order valence-corrected chi connectivity index (χ3v) is 3.63. The van der Waals surface area contributed by atoms with E-state index < -0.39 is 23.5 Å². The van der Waals surface area contributed by atoms with Crippen molar-refractivity contribution in [2.24, 2.45) is 5.11 Å². The maximum Gasteiger partial charge on any atom is 0.206 e. The van der Waals surface area contributed by atoms with Crippen molar-refractivity contribution in [2.75, 3.05) is 13.2 Å². The summed E-state index contributed by atoms with van der Waals surface area (Å²) in [5, 5.41) is 3.60. The molecule has 0 amide bonds. The molecule has 0 spiro atoms. The third-order valence-electron chi connectivity index (χ3n) is 3.63. The Bertz CT molecular complexity index is 462. The van der Waals surface area contributed by atoms with E-state index in [4.69, 9.17) is 29.2 Å². The lowest BCUT2D eigenvalue weighted by molar-refractivity contribution is -0.274. The van der Waals surface area contributed by atoms with E-state index in [9.17, 15) is 0 Å². The highest BCUT2D eigenvalue weighted by atomic mass is 16.9. The van der Waals surface area contributed by atoms with Gasteiger partial charge in [0.2, 0.25) is 5.79 Å². The van der Waals surface area contributed by atoms with Crippen LogP contribution in [0.25, 0.3) is 10.4 Å². The normalized spacial score (nSPS) is 44.5. The van der Waals surface area contributed by atoms with E-state index in [-0.39, 0.29) is 18.8 Å². The van der Waals surface area contributed by atoms with Gasteiger partial charge in [-0.1, -0.05) is 5.11 Å². The van der Waals surface area contributed by atoms with Crippen molar-refractivity contribution in [1.29, 1.82) is 0 Å². The molecule has 0 aromatic carbocycles. The van der Waals surface area contributed by atoms with Gasteiger partial charge in [0, 0.05) is 4.91 Å². The highest BCUT2D eigenvalue weighted by Gasteiger charge is 2.64. The van der Waals surface area contributed by atoms with Gasteiger partial charge >= 0.3 is 0 Å². The van der Waals surface area contributed by atoms with Crippen molar-refractivity contribution in [3.8, 4) is 0 Å². The molecule has 8 nitrogen and oxygen atoms in total. The fourth-order valence-electron chi connectivity index (χ4n) is 3.09. The zero-order valence-electron chi connectivity index (χ0n) is 12.0. The Hall–Kier alpha value is -0.890. The number of fused-ring (bicyclic) bond motifs is 3. The zero-order chi connectivity index (χ0) is 14.6. The fraction of sp³-hybridized carbons (Fsp3) is 1.00. The number of azide groups is 1. The molecular formula is C12H19N3O5. The van der Waals surface area contributed by atoms with Crippen LogP contribution in [0.4, 0.5) is 0 Å². The molecule has 20 heavy (non-hydrogen) atoms. The minimum Gasteiger partial charge on any atom is -0.344 e. The molecule has 3 aliphatic heterocycles. The molecular weight excluding hydrogens is 266 g/mol. The summed E-state index contributed by atoms with van der Waals surface area (Å²) >= 11 is 0. The second kappa shape index (κ2) is 4.30. The van der Waals surface area contributed by atoms with Crippen LogP contribution < -0.4 is 0 Å². The second-order valence-corrected chi connectivity index (χ2v) is 6.19. The molecule has 0 radical (unpaired) electrons. The summed E-state index contributed by atoms with van der Waals surface area (Å²) in [4.78, 5) is 2.78. The van der Waals surface area contributed by atoms with Gasteiger partial charge in [-0.25, -0.2) is 0 Å². The minimum absolute atomic E-state index is 0.0323. The van der Waals surface area contributed by atoms with Crippen LogP contribution in [0.1, 0.15) is 27.7 Å². The molecule has 8 heteroatoms. The van der Waals surface area contributed by atoms with Crippen LogP contribution in [0.15, 0.2) is 5.11 Å². The van der Waals surface area contributed by atoms with Crippen LogP contribution in [0.2, 0.25) is 0 Å². The number of rotatable bonds is 2. The molecule has 3 rings (SSSR count). The van der Waals surface area contributed by atoms with Gasteiger partial charge < -0.3 is 23.7 Å². The van der Waals surface area contributed by atoms with Crippen molar-refractivity contribution in [2.45, 2.75) is 63.4 Å². The molecule has 0 unspecified atom stereocenters. The van der Waals surface area contributed by atoms with Crippen LogP contribution in [-0.2, 0) is 23.7 Å². The molecule has 0 saturated carbocycles. The van der Waals surface area contributed by atoms with E-state index in [1.807, 2.05) is 13.8 Å². The third kappa shape index (κ3) is 2.18. The lowest BCUT2D eigenvalue weighted by Gasteiger charge is -2.39. The van der Waals surface area contributed by atoms with Gasteiger partial charge in [0.1, 0.15) is 18.3 Å². The van der Waals surface area contributed by atoms with Gasteiger partial charge in [0.05, 0.1) is 13.2 Å². The summed E-state index contributed by atoms with van der Waals surface area (Å²) in [6, 6.07) is 0. The Morgan fingerprint density at radius 1 is 1.15 bits per heavy atom. The largest absolute Gasteiger partial charge is 0.344 e. The summed E-state index contributed by atoms with van der Waals surface area (Å²) in [5.41, 5.74) is 8.56. The van der Waals surface area contributed by atoms with Gasteiger partial charge in [-0.15, -0.1) is 0 Å². The van der Waals surface area contributed by atoms with Crippen LogP contribution in [0.5, 0.6) is 0 Å². The molecule has 0 N–H and O–H groups in total. The number of ether oxygens (including phenoxy) is 5. The van der Waals surface area contributed by atoms with Crippen LogP contribution in [0, 0.1) is 0 Å². The average Bonchev–Trinajstić information content (AvgIpc) is 2.78. The molecule has 3 aliphatic rings. The standard InChI is InChI=1S/C12H19N3O5/c1-10(2)17-7-5-16-12(6-14-15-13)9(8(7)18-10)19-11(3,4)20-12/h7-9H,5-6H2,1-4H3/t7-,8+,9+,12+/m0/s1. The first-order valence-corrected chi connectivity index (χ1v) is 6.65. The molecule has 0 aromatic heterocycles.